The predicted molar refractivity (Wildman–Crippen MR) is 42.9 cm³/mol. The van der Waals surface area contributed by atoms with Crippen LogP contribution in [-0.4, -0.2) is 11.0 Å². The van der Waals surface area contributed by atoms with Crippen molar-refractivity contribution in [2.24, 2.45) is 5.92 Å². The van der Waals surface area contributed by atoms with Gasteiger partial charge in [0.15, 0.2) is 0 Å². The van der Waals surface area contributed by atoms with E-state index in [1.807, 2.05) is 11.8 Å². The number of fused-ring (bicyclic) bond motifs is 1. The molecular formula is C8H10OS. The number of rotatable bonds is 0. The van der Waals surface area contributed by atoms with Gasteiger partial charge in [0.1, 0.15) is 5.78 Å². The molecule has 2 rings (SSSR count). The number of carbonyl (C=O) groups is 1. The van der Waals surface area contributed by atoms with E-state index in [2.05, 4.69) is 11.5 Å². The van der Waals surface area contributed by atoms with E-state index in [0.29, 0.717) is 11.0 Å². The Morgan fingerprint density at radius 1 is 1.60 bits per heavy atom. The summed E-state index contributed by atoms with van der Waals surface area (Å²) in [5.41, 5.74) is 0. The molecule has 1 aliphatic carbocycles. The fourth-order valence-corrected chi connectivity index (χ4v) is 2.82. The molecule has 2 atom stereocenters. The first kappa shape index (κ1) is 6.47. The summed E-state index contributed by atoms with van der Waals surface area (Å²) in [6.45, 7) is 0. The first-order valence-electron chi connectivity index (χ1n) is 3.73. The summed E-state index contributed by atoms with van der Waals surface area (Å²) >= 11 is 1.83. The zero-order valence-electron chi connectivity index (χ0n) is 5.75. The topological polar surface area (TPSA) is 17.1 Å². The van der Waals surface area contributed by atoms with Crippen molar-refractivity contribution in [2.45, 2.75) is 24.5 Å². The Balaban J connectivity index is 2.16. The second-order valence-electron chi connectivity index (χ2n) is 2.89. The molecule has 0 aromatic rings. The highest BCUT2D eigenvalue weighted by Gasteiger charge is 2.32. The molecule has 2 aliphatic rings. The van der Waals surface area contributed by atoms with Gasteiger partial charge in [-0.15, -0.1) is 11.8 Å². The minimum Gasteiger partial charge on any atom is -0.299 e. The van der Waals surface area contributed by atoms with Crippen LogP contribution in [0.3, 0.4) is 0 Å². The number of thioether (sulfide) groups is 1. The molecule has 1 fully saturated rings. The van der Waals surface area contributed by atoms with Crippen LogP contribution in [0.1, 0.15) is 19.3 Å². The van der Waals surface area contributed by atoms with Crippen molar-refractivity contribution in [3.8, 4) is 0 Å². The van der Waals surface area contributed by atoms with Gasteiger partial charge in [-0.2, -0.15) is 0 Å². The molecule has 0 amide bonds. The molecule has 54 valence electrons. The van der Waals surface area contributed by atoms with Crippen molar-refractivity contribution in [3.05, 3.63) is 11.5 Å². The Hall–Kier alpha value is -0.240. The number of hydrogen-bond donors (Lipinski definition) is 0. The fourth-order valence-electron chi connectivity index (χ4n) is 1.65. The Kier molecular flexibility index (Phi) is 1.57. The van der Waals surface area contributed by atoms with Gasteiger partial charge in [0.2, 0.25) is 0 Å². The maximum Gasteiger partial charge on any atom is 0.140 e. The Morgan fingerprint density at radius 2 is 2.50 bits per heavy atom. The fraction of sp³-hybridized carbons (Fsp3) is 0.625. The van der Waals surface area contributed by atoms with Crippen LogP contribution in [0.2, 0.25) is 0 Å². The number of hydrogen-bond acceptors (Lipinski definition) is 2. The number of Topliss-reactive ketones (excluding diaryl/α,β-unsaturated/α-hetero) is 1. The van der Waals surface area contributed by atoms with E-state index in [-0.39, 0.29) is 5.92 Å². The monoisotopic (exact) mass is 154 g/mol. The molecular weight excluding hydrogens is 144 g/mol. The minimum absolute atomic E-state index is 0.277. The van der Waals surface area contributed by atoms with E-state index in [1.165, 1.54) is 6.42 Å². The normalized spacial score (nSPS) is 38.2. The van der Waals surface area contributed by atoms with E-state index >= 15 is 0 Å². The average Bonchev–Trinajstić information content (AvgIpc) is 2.36. The van der Waals surface area contributed by atoms with Gasteiger partial charge in [0, 0.05) is 17.6 Å². The second kappa shape index (κ2) is 2.42. The SMILES string of the molecule is O=C1CCCC2SC=CC12. The molecule has 0 saturated heterocycles. The quantitative estimate of drug-likeness (QED) is 0.530. The van der Waals surface area contributed by atoms with Crippen LogP contribution in [0, 0.1) is 5.92 Å². The number of allylic oxidation sites excluding steroid dienone is 1. The van der Waals surface area contributed by atoms with Gasteiger partial charge < -0.3 is 0 Å². The lowest BCUT2D eigenvalue weighted by molar-refractivity contribution is -0.122. The molecule has 0 aromatic carbocycles. The molecule has 0 bridgehead atoms. The summed E-state index contributed by atoms with van der Waals surface area (Å²) in [6.07, 6.45) is 5.21. The Bertz CT molecular complexity index is 186. The summed E-state index contributed by atoms with van der Waals surface area (Å²) in [6, 6.07) is 0. The number of carbonyl (C=O) groups excluding carboxylic acids is 1. The molecule has 1 heterocycles. The molecule has 0 radical (unpaired) electrons. The summed E-state index contributed by atoms with van der Waals surface area (Å²) in [5.74, 6) is 0.733. The van der Waals surface area contributed by atoms with Crippen molar-refractivity contribution in [2.75, 3.05) is 0 Å². The van der Waals surface area contributed by atoms with Gasteiger partial charge in [0.05, 0.1) is 0 Å². The van der Waals surface area contributed by atoms with Crippen LogP contribution in [0.15, 0.2) is 11.5 Å². The van der Waals surface area contributed by atoms with Gasteiger partial charge in [0.25, 0.3) is 0 Å². The molecule has 1 saturated carbocycles. The van der Waals surface area contributed by atoms with Crippen LogP contribution in [0.5, 0.6) is 0 Å². The Morgan fingerprint density at radius 3 is 3.30 bits per heavy atom. The third kappa shape index (κ3) is 0.908. The second-order valence-corrected chi connectivity index (χ2v) is 4.04. The van der Waals surface area contributed by atoms with Crippen LogP contribution in [-0.2, 0) is 4.79 Å². The molecule has 1 aliphatic heterocycles. The van der Waals surface area contributed by atoms with Crippen LogP contribution < -0.4 is 0 Å². The summed E-state index contributed by atoms with van der Waals surface area (Å²) in [5, 5.41) is 2.68. The maximum absolute atomic E-state index is 11.2. The summed E-state index contributed by atoms with van der Waals surface area (Å²) in [7, 11) is 0. The average molecular weight is 154 g/mol. The van der Waals surface area contributed by atoms with Gasteiger partial charge in [-0.05, 0) is 18.2 Å². The van der Waals surface area contributed by atoms with Gasteiger partial charge >= 0.3 is 0 Å². The van der Waals surface area contributed by atoms with E-state index in [1.54, 1.807) is 0 Å². The molecule has 1 nitrogen and oxygen atoms in total. The highest BCUT2D eigenvalue weighted by atomic mass is 32.2. The molecule has 0 aromatic heterocycles. The first-order valence-corrected chi connectivity index (χ1v) is 4.67. The van der Waals surface area contributed by atoms with Crippen molar-refractivity contribution in [1.29, 1.82) is 0 Å². The van der Waals surface area contributed by atoms with Crippen LogP contribution in [0.25, 0.3) is 0 Å². The van der Waals surface area contributed by atoms with Crippen molar-refractivity contribution < 1.29 is 4.79 Å². The van der Waals surface area contributed by atoms with E-state index < -0.39 is 0 Å². The van der Waals surface area contributed by atoms with Crippen molar-refractivity contribution >= 4 is 17.5 Å². The zero-order valence-corrected chi connectivity index (χ0v) is 6.56. The van der Waals surface area contributed by atoms with Crippen LogP contribution in [0.4, 0.5) is 0 Å². The lowest BCUT2D eigenvalue weighted by Crippen LogP contribution is -2.26. The lowest BCUT2D eigenvalue weighted by atomic mass is 9.88. The van der Waals surface area contributed by atoms with Crippen LogP contribution >= 0.6 is 11.8 Å². The third-order valence-corrected chi connectivity index (χ3v) is 3.42. The van der Waals surface area contributed by atoms with E-state index in [0.717, 1.165) is 12.8 Å². The molecule has 2 heteroatoms. The van der Waals surface area contributed by atoms with Crippen molar-refractivity contribution in [1.82, 2.24) is 0 Å². The maximum atomic E-state index is 11.2. The van der Waals surface area contributed by atoms with E-state index in [9.17, 15) is 4.79 Å². The minimum atomic E-state index is 0.277. The zero-order chi connectivity index (χ0) is 6.97. The highest BCUT2D eigenvalue weighted by Crippen LogP contribution is 2.37. The highest BCUT2D eigenvalue weighted by molar-refractivity contribution is 8.03. The lowest BCUT2D eigenvalue weighted by Gasteiger charge is -2.21. The largest absolute Gasteiger partial charge is 0.299 e. The summed E-state index contributed by atoms with van der Waals surface area (Å²) in [4.78, 5) is 11.2. The smallest absolute Gasteiger partial charge is 0.140 e. The molecule has 0 spiro atoms. The van der Waals surface area contributed by atoms with E-state index in [4.69, 9.17) is 0 Å². The standard InChI is InChI=1S/C8H10OS/c9-7-2-1-3-8-6(7)4-5-10-8/h4-6,8H,1-3H2. The molecule has 10 heavy (non-hydrogen) atoms. The number of ketones is 1. The first-order chi connectivity index (χ1) is 4.88. The summed E-state index contributed by atoms with van der Waals surface area (Å²) < 4.78 is 0. The predicted octanol–water partition coefficient (Wildman–Crippen LogP) is 1.98. The molecule has 2 unspecified atom stereocenters. The van der Waals surface area contributed by atoms with Gasteiger partial charge in [-0.25, -0.2) is 0 Å². The van der Waals surface area contributed by atoms with Gasteiger partial charge in [-0.3, -0.25) is 4.79 Å². The molecule has 0 N–H and O–H groups in total. The van der Waals surface area contributed by atoms with Gasteiger partial charge in [-0.1, -0.05) is 6.08 Å². The third-order valence-electron chi connectivity index (χ3n) is 2.22. The Labute approximate surface area is 64.9 Å². The van der Waals surface area contributed by atoms with Crippen molar-refractivity contribution in [3.63, 3.8) is 0 Å².